The summed E-state index contributed by atoms with van der Waals surface area (Å²) in [6, 6.07) is 0. The molecule has 0 aliphatic heterocycles. The van der Waals surface area contributed by atoms with Gasteiger partial charge in [-0.25, -0.2) is 0 Å². The lowest BCUT2D eigenvalue weighted by atomic mass is 9.94. The molecule has 0 fully saturated rings. The van der Waals surface area contributed by atoms with Crippen LogP contribution in [0.5, 0.6) is 0 Å². The Morgan fingerprint density at radius 3 is 2.07 bits per heavy atom. The fraction of sp³-hybridized carbons (Fsp3) is 1.00. The predicted molar refractivity (Wildman–Crippen MR) is 70.2 cm³/mol. The number of hydrogen-bond acceptors (Lipinski definition) is 1. The molecule has 0 aromatic rings. The van der Waals surface area contributed by atoms with Gasteiger partial charge in [0.1, 0.15) is 0 Å². The molecule has 0 radical (unpaired) electrons. The Morgan fingerprint density at radius 1 is 0.857 bits per heavy atom. The van der Waals surface area contributed by atoms with Crippen LogP contribution in [0.3, 0.4) is 0 Å². The first-order valence-electron chi connectivity index (χ1n) is 6.46. The summed E-state index contributed by atoms with van der Waals surface area (Å²) in [5.41, 5.74) is 0. The topological polar surface area (TPSA) is 0 Å². The van der Waals surface area contributed by atoms with Gasteiger partial charge in [-0.2, -0.15) is 12.6 Å². The van der Waals surface area contributed by atoms with Crippen molar-refractivity contribution in [2.24, 2.45) is 5.92 Å². The molecule has 0 aliphatic rings. The zero-order valence-corrected chi connectivity index (χ0v) is 11.0. The second-order valence-electron chi connectivity index (χ2n) is 4.34. The molecule has 0 saturated carbocycles. The Morgan fingerprint density at radius 2 is 1.50 bits per heavy atom. The fourth-order valence-electron chi connectivity index (χ4n) is 2.04. The summed E-state index contributed by atoms with van der Waals surface area (Å²) in [6.07, 6.45) is 12.6. The molecule has 1 heteroatoms. The molecule has 0 amide bonds. The zero-order valence-electron chi connectivity index (χ0n) is 10.1. The summed E-state index contributed by atoms with van der Waals surface area (Å²) in [7, 11) is 0. The third kappa shape index (κ3) is 8.93. The fourth-order valence-corrected chi connectivity index (χ4v) is 2.26. The summed E-state index contributed by atoms with van der Waals surface area (Å²) in [6.45, 7) is 4.64. The van der Waals surface area contributed by atoms with Gasteiger partial charge in [-0.15, -0.1) is 0 Å². The maximum absolute atomic E-state index is 4.22. The average Bonchev–Trinajstić information content (AvgIpc) is 2.21. The second-order valence-corrected chi connectivity index (χ2v) is 4.79. The van der Waals surface area contributed by atoms with Gasteiger partial charge in [-0.3, -0.25) is 0 Å². The normalized spacial score (nSPS) is 13.1. The molecular formula is C13H28S. The molecule has 0 N–H and O–H groups in total. The Bertz CT molecular complexity index is 101. The summed E-state index contributed by atoms with van der Waals surface area (Å²) in [4.78, 5) is 0. The second kappa shape index (κ2) is 11.4. The Kier molecular flexibility index (Phi) is 11.7. The third-order valence-corrected chi connectivity index (χ3v) is 3.36. The van der Waals surface area contributed by atoms with E-state index < -0.39 is 0 Å². The highest BCUT2D eigenvalue weighted by atomic mass is 32.1. The lowest BCUT2D eigenvalue weighted by molar-refractivity contribution is 0.409. The summed E-state index contributed by atoms with van der Waals surface area (Å²) in [5, 5.41) is 0. The highest BCUT2D eigenvalue weighted by Crippen LogP contribution is 2.19. The zero-order chi connectivity index (χ0) is 10.6. The monoisotopic (exact) mass is 216 g/mol. The average molecular weight is 216 g/mol. The molecular weight excluding hydrogens is 188 g/mol. The van der Waals surface area contributed by atoms with Gasteiger partial charge >= 0.3 is 0 Å². The van der Waals surface area contributed by atoms with Crippen LogP contribution in [0.25, 0.3) is 0 Å². The van der Waals surface area contributed by atoms with Crippen LogP contribution in [0.1, 0.15) is 71.6 Å². The van der Waals surface area contributed by atoms with Gasteiger partial charge in [0.05, 0.1) is 0 Å². The lowest BCUT2D eigenvalue weighted by Gasteiger charge is -2.12. The van der Waals surface area contributed by atoms with Crippen molar-refractivity contribution in [1.82, 2.24) is 0 Å². The lowest BCUT2D eigenvalue weighted by Crippen LogP contribution is -1.97. The third-order valence-electron chi connectivity index (χ3n) is 3.04. The van der Waals surface area contributed by atoms with Gasteiger partial charge < -0.3 is 0 Å². The number of rotatable bonds is 10. The van der Waals surface area contributed by atoms with E-state index in [0.717, 1.165) is 11.7 Å². The van der Waals surface area contributed by atoms with Gasteiger partial charge in [-0.1, -0.05) is 65.2 Å². The van der Waals surface area contributed by atoms with Crippen molar-refractivity contribution in [3.8, 4) is 0 Å². The molecule has 0 nitrogen and oxygen atoms in total. The van der Waals surface area contributed by atoms with E-state index >= 15 is 0 Å². The van der Waals surface area contributed by atoms with Crippen molar-refractivity contribution in [3.63, 3.8) is 0 Å². The standard InChI is InChI=1S/C13H28S/c1-3-10-13(4-2)11-8-6-5-7-9-12-14/h13-14H,3-12H2,1-2H3. The van der Waals surface area contributed by atoms with Crippen molar-refractivity contribution in [1.29, 1.82) is 0 Å². The van der Waals surface area contributed by atoms with E-state index in [9.17, 15) is 0 Å². The van der Waals surface area contributed by atoms with E-state index in [2.05, 4.69) is 26.5 Å². The van der Waals surface area contributed by atoms with Gasteiger partial charge in [0.2, 0.25) is 0 Å². The number of unbranched alkanes of at least 4 members (excludes halogenated alkanes) is 4. The van der Waals surface area contributed by atoms with Crippen LogP contribution in [0.2, 0.25) is 0 Å². The predicted octanol–water partition coefficient (Wildman–Crippen LogP) is 5.08. The maximum atomic E-state index is 4.22. The summed E-state index contributed by atoms with van der Waals surface area (Å²) in [5.74, 6) is 2.07. The molecule has 0 rings (SSSR count). The molecule has 0 saturated heterocycles. The van der Waals surface area contributed by atoms with Gasteiger partial charge in [0.25, 0.3) is 0 Å². The van der Waals surface area contributed by atoms with Crippen molar-refractivity contribution in [3.05, 3.63) is 0 Å². The van der Waals surface area contributed by atoms with Crippen LogP contribution >= 0.6 is 12.6 Å². The van der Waals surface area contributed by atoms with Crippen molar-refractivity contribution < 1.29 is 0 Å². The van der Waals surface area contributed by atoms with Crippen LogP contribution in [-0.4, -0.2) is 5.75 Å². The summed E-state index contributed by atoms with van der Waals surface area (Å²) >= 11 is 4.22. The molecule has 0 bridgehead atoms. The first-order valence-corrected chi connectivity index (χ1v) is 7.09. The minimum Gasteiger partial charge on any atom is -0.179 e. The Balaban J connectivity index is 3.15. The number of thiol groups is 1. The largest absolute Gasteiger partial charge is 0.179 e. The Hall–Kier alpha value is 0.350. The van der Waals surface area contributed by atoms with E-state index in [-0.39, 0.29) is 0 Å². The van der Waals surface area contributed by atoms with Crippen LogP contribution in [0, 0.1) is 5.92 Å². The first-order chi connectivity index (χ1) is 6.85. The smallest absolute Gasteiger partial charge is 0.00979 e. The molecule has 1 atom stereocenters. The summed E-state index contributed by atoms with van der Waals surface area (Å²) < 4.78 is 0. The maximum Gasteiger partial charge on any atom is -0.00979 e. The van der Waals surface area contributed by atoms with Crippen LogP contribution in [0.4, 0.5) is 0 Å². The molecule has 0 aromatic heterocycles. The highest BCUT2D eigenvalue weighted by molar-refractivity contribution is 7.80. The molecule has 0 aliphatic carbocycles. The van der Waals surface area contributed by atoms with E-state index in [1.165, 1.54) is 57.8 Å². The number of hydrogen-bond donors (Lipinski definition) is 1. The highest BCUT2D eigenvalue weighted by Gasteiger charge is 2.03. The van der Waals surface area contributed by atoms with Crippen molar-refractivity contribution >= 4 is 12.6 Å². The Labute approximate surface area is 96.3 Å². The van der Waals surface area contributed by atoms with E-state index in [0.29, 0.717) is 0 Å². The molecule has 0 heterocycles. The molecule has 14 heavy (non-hydrogen) atoms. The van der Waals surface area contributed by atoms with E-state index in [4.69, 9.17) is 0 Å². The molecule has 1 unspecified atom stereocenters. The first kappa shape index (κ1) is 14.3. The minimum atomic E-state index is 1.00. The van der Waals surface area contributed by atoms with Gasteiger partial charge in [0.15, 0.2) is 0 Å². The molecule has 86 valence electrons. The quantitative estimate of drug-likeness (QED) is 0.382. The van der Waals surface area contributed by atoms with Crippen molar-refractivity contribution in [2.45, 2.75) is 71.6 Å². The van der Waals surface area contributed by atoms with Gasteiger partial charge in [-0.05, 0) is 18.1 Å². The van der Waals surface area contributed by atoms with E-state index in [1.54, 1.807) is 0 Å². The van der Waals surface area contributed by atoms with E-state index in [1.807, 2.05) is 0 Å². The van der Waals surface area contributed by atoms with Crippen molar-refractivity contribution in [2.75, 3.05) is 5.75 Å². The van der Waals surface area contributed by atoms with Crippen LogP contribution < -0.4 is 0 Å². The SMILES string of the molecule is CCCC(CC)CCCCCCCS. The molecule has 0 spiro atoms. The van der Waals surface area contributed by atoms with Gasteiger partial charge in [0, 0.05) is 0 Å². The minimum absolute atomic E-state index is 1.00. The molecule has 0 aromatic carbocycles. The van der Waals surface area contributed by atoms with Crippen LogP contribution in [0.15, 0.2) is 0 Å². The van der Waals surface area contributed by atoms with Crippen LogP contribution in [-0.2, 0) is 0 Å².